The molecule has 2 rings (SSSR count). The molecule has 0 saturated heterocycles. The van der Waals surface area contributed by atoms with E-state index in [0.29, 0.717) is 16.3 Å². The number of nitrogens with one attached hydrogen (secondary N) is 1. The molecule has 6 nitrogen and oxygen atoms in total. The van der Waals surface area contributed by atoms with E-state index >= 15 is 0 Å². The third-order valence-corrected chi connectivity index (χ3v) is 3.00. The first-order chi connectivity index (χ1) is 11.1. The third kappa shape index (κ3) is 4.89. The van der Waals surface area contributed by atoms with Gasteiger partial charge in [0.1, 0.15) is 0 Å². The van der Waals surface area contributed by atoms with Crippen LogP contribution in [-0.2, 0) is 4.79 Å². The summed E-state index contributed by atoms with van der Waals surface area (Å²) in [5.41, 5.74) is 4.17. The van der Waals surface area contributed by atoms with Crippen LogP contribution in [0.25, 0.3) is 0 Å². The van der Waals surface area contributed by atoms with Gasteiger partial charge in [-0.25, -0.2) is 4.79 Å². The van der Waals surface area contributed by atoms with Crippen LogP contribution in [-0.4, -0.2) is 31.0 Å². The second kappa shape index (κ2) is 8.05. The van der Waals surface area contributed by atoms with E-state index in [-0.39, 0.29) is 5.75 Å². The van der Waals surface area contributed by atoms with Crippen molar-refractivity contribution in [3.63, 3.8) is 0 Å². The van der Waals surface area contributed by atoms with E-state index in [9.17, 15) is 4.79 Å². The van der Waals surface area contributed by atoms with Gasteiger partial charge in [0.05, 0.1) is 19.0 Å². The van der Waals surface area contributed by atoms with Gasteiger partial charge in [-0.3, -0.25) is 5.43 Å². The lowest BCUT2D eigenvalue weighted by atomic mass is 10.2. The molecule has 23 heavy (non-hydrogen) atoms. The first-order valence-electron chi connectivity index (χ1n) is 6.66. The number of hydrazone groups is 1. The Hall–Kier alpha value is -2.73. The number of carbonyl (C=O) groups is 1. The Morgan fingerprint density at radius 2 is 2.09 bits per heavy atom. The molecule has 0 atom stereocenters. The predicted molar refractivity (Wildman–Crippen MR) is 88.8 cm³/mol. The van der Waals surface area contributed by atoms with Crippen molar-refractivity contribution in [2.45, 2.75) is 0 Å². The number of para-hydroxylation sites is 1. The molecule has 0 spiro atoms. The highest BCUT2D eigenvalue weighted by Gasteiger charge is 2.13. The lowest BCUT2D eigenvalue weighted by Gasteiger charge is -2.12. The Balaban J connectivity index is 2.24. The lowest BCUT2D eigenvalue weighted by Crippen LogP contribution is -2.11. The topological polar surface area (TPSA) is 80.1 Å². The molecule has 7 heteroatoms. The molecular formula is C16H15ClN2O4. The summed E-state index contributed by atoms with van der Waals surface area (Å²) >= 11 is 6.03. The molecule has 2 aromatic carbocycles. The second-order valence-corrected chi connectivity index (χ2v) is 4.88. The summed E-state index contributed by atoms with van der Waals surface area (Å²) in [6.07, 6.45) is 1.48. The van der Waals surface area contributed by atoms with Crippen LogP contribution in [0.2, 0.25) is 5.02 Å². The standard InChI is InChI=1S/C16H15ClN2O4/c1-22-14-8-12(17)7-11(16(14)23-10-15(20)21)9-18-19-13-5-3-2-4-6-13/h2-9,19H,10H2,1H3,(H,20,21). The number of anilines is 1. The number of aliphatic carboxylic acids is 1. The first kappa shape index (κ1) is 16.6. The summed E-state index contributed by atoms with van der Waals surface area (Å²) in [4.78, 5) is 10.7. The Morgan fingerprint density at radius 3 is 2.74 bits per heavy atom. The SMILES string of the molecule is COc1cc(Cl)cc(C=NNc2ccccc2)c1OCC(=O)O. The van der Waals surface area contributed by atoms with Crippen molar-refractivity contribution in [1.29, 1.82) is 0 Å². The minimum absolute atomic E-state index is 0.262. The number of carboxylic acid groups (broad SMARTS) is 1. The van der Waals surface area contributed by atoms with E-state index in [0.717, 1.165) is 5.69 Å². The Morgan fingerprint density at radius 1 is 1.35 bits per heavy atom. The van der Waals surface area contributed by atoms with Crippen LogP contribution in [0.5, 0.6) is 11.5 Å². The quantitative estimate of drug-likeness (QED) is 0.600. The maximum atomic E-state index is 10.7. The number of rotatable bonds is 7. The zero-order valence-electron chi connectivity index (χ0n) is 12.3. The molecule has 120 valence electrons. The van der Waals surface area contributed by atoms with Crippen LogP contribution >= 0.6 is 11.6 Å². The van der Waals surface area contributed by atoms with Crippen molar-refractivity contribution in [2.24, 2.45) is 5.10 Å². The molecule has 0 saturated carbocycles. The number of methoxy groups -OCH3 is 1. The van der Waals surface area contributed by atoms with E-state index in [1.54, 1.807) is 12.1 Å². The van der Waals surface area contributed by atoms with Crippen molar-refractivity contribution < 1.29 is 19.4 Å². The summed E-state index contributed by atoms with van der Waals surface area (Å²) in [6, 6.07) is 12.5. The summed E-state index contributed by atoms with van der Waals surface area (Å²) in [6.45, 7) is -0.495. The van der Waals surface area contributed by atoms with Crippen molar-refractivity contribution in [3.8, 4) is 11.5 Å². The van der Waals surface area contributed by atoms with Crippen molar-refractivity contribution in [2.75, 3.05) is 19.1 Å². The number of benzene rings is 2. The Bertz CT molecular complexity index is 705. The highest BCUT2D eigenvalue weighted by Crippen LogP contribution is 2.33. The molecule has 0 unspecified atom stereocenters. The molecule has 0 amide bonds. The Kier molecular flexibility index (Phi) is 5.82. The van der Waals surface area contributed by atoms with Crippen LogP contribution in [0.1, 0.15) is 5.56 Å². The predicted octanol–water partition coefficient (Wildman–Crippen LogP) is 3.26. The van der Waals surface area contributed by atoms with Gasteiger partial charge < -0.3 is 14.6 Å². The van der Waals surface area contributed by atoms with Crippen LogP contribution in [0.4, 0.5) is 5.69 Å². The third-order valence-electron chi connectivity index (χ3n) is 2.78. The number of nitrogens with zero attached hydrogens (tertiary/aromatic N) is 1. The number of carboxylic acids is 1. The average Bonchev–Trinajstić information content (AvgIpc) is 2.54. The summed E-state index contributed by atoms with van der Waals surface area (Å²) < 4.78 is 10.5. The van der Waals surface area contributed by atoms with Gasteiger partial charge in [0.25, 0.3) is 0 Å². The van der Waals surface area contributed by atoms with E-state index in [1.165, 1.54) is 13.3 Å². The maximum Gasteiger partial charge on any atom is 0.341 e. The lowest BCUT2D eigenvalue weighted by molar-refractivity contribution is -0.139. The van der Waals surface area contributed by atoms with Gasteiger partial charge in [0, 0.05) is 16.7 Å². The molecule has 0 fully saturated rings. The fourth-order valence-corrected chi connectivity index (χ4v) is 2.03. The summed E-state index contributed by atoms with van der Waals surface area (Å²) in [7, 11) is 1.45. The van der Waals surface area contributed by atoms with Crippen LogP contribution in [0.3, 0.4) is 0 Å². The fraction of sp³-hybridized carbons (Fsp3) is 0.125. The number of hydrogen-bond acceptors (Lipinski definition) is 5. The van der Waals surface area contributed by atoms with Gasteiger partial charge >= 0.3 is 5.97 Å². The summed E-state index contributed by atoms with van der Waals surface area (Å²) in [5.74, 6) is -0.495. The van der Waals surface area contributed by atoms with E-state index in [2.05, 4.69) is 10.5 Å². The molecule has 2 aromatic rings. The monoisotopic (exact) mass is 334 g/mol. The van der Waals surface area contributed by atoms with E-state index in [4.69, 9.17) is 26.2 Å². The van der Waals surface area contributed by atoms with Crippen molar-refractivity contribution >= 4 is 29.5 Å². The number of halogens is 1. The Labute approximate surface area is 138 Å². The largest absolute Gasteiger partial charge is 0.493 e. The number of hydrogen-bond donors (Lipinski definition) is 2. The van der Waals surface area contributed by atoms with Gasteiger partial charge in [-0.05, 0) is 18.2 Å². The van der Waals surface area contributed by atoms with E-state index in [1.807, 2.05) is 30.3 Å². The van der Waals surface area contributed by atoms with Crippen LogP contribution < -0.4 is 14.9 Å². The fourth-order valence-electron chi connectivity index (χ4n) is 1.81. The normalized spacial score (nSPS) is 10.5. The molecule has 0 aliphatic rings. The van der Waals surface area contributed by atoms with Gasteiger partial charge in [-0.1, -0.05) is 29.8 Å². The highest BCUT2D eigenvalue weighted by molar-refractivity contribution is 6.31. The minimum Gasteiger partial charge on any atom is -0.493 e. The van der Waals surface area contributed by atoms with Crippen LogP contribution in [0.15, 0.2) is 47.6 Å². The minimum atomic E-state index is -1.09. The molecule has 0 aliphatic heterocycles. The van der Waals surface area contributed by atoms with Crippen LogP contribution in [0, 0.1) is 0 Å². The van der Waals surface area contributed by atoms with Gasteiger partial charge in [-0.2, -0.15) is 5.10 Å². The van der Waals surface area contributed by atoms with Gasteiger partial charge in [-0.15, -0.1) is 0 Å². The zero-order valence-corrected chi connectivity index (χ0v) is 13.1. The number of ether oxygens (including phenoxy) is 2. The molecule has 0 aliphatic carbocycles. The zero-order chi connectivity index (χ0) is 16.7. The van der Waals surface area contributed by atoms with Gasteiger partial charge in [0.15, 0.2) is 18.1 Å². The summed E-state index contributed by atoms with van der Waals surface area (Å²) in [5, 5.41) is 13.3. The van der Waals surface area contributed by atoms with E-state index < -0.39 is 12.6 Å². The van der Waals surface area contributed by atoms with Gasteiger partial charge in [0.2, 0.25) is 0 Å². The maximum absolute atomic E-state index is 10.7. The smallest absolute Gasteiger partial charge is 0.341 e. The molecule has 0 heterocycles. The molecule has 0 aromatic heterocycles. The molecule has 0 bridgehead atoms. The van der Waals surface area contributed by atoms with Crippen molar-refractivity contribution in [3.05, 3.63) is 53.1 Å². The second-order valence-electron chi connectivity index (χ2n) is 4.44. The molecule has 0 radical (unpaired) electrons. The molecular weight excluding hydrogens is 320 g/mol. The first-order valence-corrected chi connectivity index (χ1v) is 7.04. The average molecular weight is 335 g/mol. The van der Waals surface area contributed by atoms with Crippen molar-refractivity contribution in [1.82, 2.24) is 0 Å². The highest BCUT2D eigenvalue weighted by atomic mass is 35.5. The molecule has 2 N–H and O–H groups in total.